The Hall–Kier alpha value is -3.41. The highest BCUT2D eigenvalue weighted by atomic mass is 16.6. The van der Waals surface area contributed by atoms with Crippen LogP contribution in [0.1, 0.15) is 252 Å². The van der Waals surface area contributed by atoms with E-state index in [2.05, 4.69) is 106 Å². The van der Waals surface area contributed by atoms with Gasteiger partial charge in [-0.25, -0.2) is 0 Å². The van der Waals surface area contributed by atoms with Crippen LogP contribution in [0.4, 0.5) is 0 Å². The number of rotatable bonds is 48. The molecule has 0 aromatic rings. The van der Waals surface area contributed by atoms with E-state index in [1.54, 1.807) is 0 Å². The fraction of sp³-hybridized carbons (Fsp3) is 0.712. The maximum absolute atomic E-state index is 12.8. The second kappa shape index (κ2) is 53.2. The van der Waals surface area contributed by atoms with E-state index in [1.165, 1.54) is 116 Å². The van der Waals surface area contributed by atoms with E-state index >= 15 is 0 Å². The molecule has 0 bridgehead atoms. The monoisotopic (exact) mass is 905 g/mol. The Labute approximate surface area is 401 Å². The summed E-state index contributed by atoms with van der Waals surface area (Å²) in [6.45, 7) is 6.42. The minimum atomic E-state index is -0.793. The summed E-state index contributed by atoms with van der Waals surface area (Å²) in [5.41, 5.74) is 0. The summed E-state index contributed by atoms with van der Waals surface area (Å²) in [6, 6.07) is 0. The smallest absolute Gasteiger partial charge is 0.306 e. The van der Waals surface area contributed by atoms with Crippen molar-refractivity contribution < 1.29 is 28.6 Å². The summed E-state index contributed by atoms with van der Waals surface area (Å²) in [5, 5.41) is 0. The molecule has 0 spiro atoms. The van der Waals surface area contributed by atoms with Gasteiger partial charge in [0.2, 0.25) is 0 Å². The van der Waals surface area contributed by atoms with E-state index in [0.717, 1.165) is 96.3 Å². The van der Waals surface area contributed by atoms with E-state index in [0.29, 0.717) is 19.3 Å². The first-order valence-electron chi connectivity index (χ1n) is 27.2. The van der Waals surface area contributed by atoms with Gasteiger partial charge in [-0.2, -0.15) is 0 Å². The number of hydrogen-bond donors (Lipinski definition) is 0. The van der Waals surface area contributed by atoms with Gasteiger partial charge in [-0.15, -0.1) is 0 Å². The van der Waals surface area contributed by atoms with E-state index in [1.807, 2.05) is 0 Å². The molecule has 372 valence electrons. The molecule has 0 aromatic carbocycles. The first kappa shape index (κ1) is 61.6. The van der Waals surface area contributed by atoms with Crippen molar-refractivity contribution in [3.8, 4) is 0 Å². The van der Waals surface area contributed by atoms with Crippen LogP contribution in [-0.4, -0.2) is 37.2 Å². The highest BCUT2D eigenvalue weighted by Crippen LogP contribution is 2.15. The van der Waals surface area contributed by atoms with Gasteiger partial charge >= 0.3 is 17.9 Å². The Balaban J connectivity index is 4.40. The molecule has 0 aliphatic carbocycles. The molecule has 6 nitrogen and oxygen atoms in total. The van der Waals surface area contributed by atoms with Crippen molar-refractivity contribution in [2.75, 3.05) is 13.2 Å². The zero-order valence-corrected chi connectivity index (χ0v) is 42.5. The van der Waals surface area contributed by atoms with Crippen LogP contribution in [0, 0.1) is 0 Å². The van der Waals surface area contributed by atoms with E-state index in [-0.39, 0.29) is 31.1 Å². The Morgan fingerprint density at radius 1 is 0.323 bits per heavy atom. The Kier molecular flexibility index (Phi) is 50.4. The highest BCUT2D eigenvalue weighted by Gasteiger charge is 2.19. The van der Waals surface area contributed by atoms with Crippen molar-refractivity contribution >= 4 is 17.9 Å². The maximum Gasteiger partial charge on any atom is 0.306 e. The topological polar surface area (TPSA) is 78.9 Å². The van der Waals surface area contributed by atoms with Gasteiger partial charge in [-0.05, 0) is 89.9 Å². The summed E-state index contributed by atoms with van der Waals surface area (Å²) in [6.07, 6.45) is 68.5. The fourth-order valence-corrected chi connectivity index (χ4v) is 7.36. The predicted octanol–water partition coefficient (Wildman–Crippen LogP) is 18.0. The molecule has 0 aliphatic heterocycles. The quantitative estimate of drug-likeness (QED) is 0.0262. The van der Waals surface area contributed by atoms with Crippen LogP contribution >= 0.6 is 0 Å². The molecule has 0 heterocycles. The SMILES string of the molecule is CC\C=C/C=C\C=C/CCCCCCCC(=O)OCC(COC(=O)CCCCCCCCCCCC/C=C\C=C/CCCCC)OC(=O)CCCCCCCC/C=C\C=C/CCCCC. The normalized spacial score (nSPS) is 12.7. The van der Waals surface area contributed by atoms with Crippen molar-refractivity contribution in [1.82, 2.24) is 0 Å². The van der Waals surface area contributed by atoms with Crippen molar-refractivity contribution in [3.63, 3.8) is 0 Å². The lowest BCUT2D eigenvalue weighted by Crippen LogP contribution is -2.30. The van der Waals surface area contributed by atoms with Gasteiger partial charge in [0, 0.05) is 19.3 Å². The first-order valence-corrected chi connectivity index (χ1v) is 27.2. The molecule has 0 aliphatic rings. The average molecular weight is 905 g/mol. The van der Waals surface area contributed by atoms with Crippen molar-refractivity contribution in [2.45, 2.75) is 258 Å². The molecule has 0 rings (SSSR count). The van der Waals surface area contributed by atoms with Crippen LogP contribution in [0.5, 0.6) is 0 Å². The molecule has 0 saturated heterocycles. The van der Waals surface area contributed by atoms with Gasteiger partial charge in [-0.3, -0.25) is 14.4 Å². The van der Waals surface area contributed by atoms with Crippen LogP contribution in [-0.2, 0) is 28.6 Å². The number of esters is 3. The summed E-state index contributed by atoms with van der Waals surface area (Å²) >= 11 is 0. The van der Waals surface area contributed by atoms with E-state index in [4.69, 9.17) is 14.2 Å². The van der Waals surface area contributed by atoms with Gasteiger partial charge in [0.25, 0.3) is 0 Å². The molecule has 6 heteroatoms. The minimum Gasteiger partial charge on any atom is -0.462 e. The molecular formula is C59H100O6. The minimum absolute atomic E-state index is 0.0902. The second-order valence-corrected chi connectivity index (χ2v) is 17.9. The zero-order chi connectivity index (χ0) is 47.2. The number of unbranched alkanes of at least 4 members (excludes halogenated alkanes) is 27. The average Bonchev–Trinajstić information content (AvgIpc) is 3.30. The van der Waals surface area contributed by atoms with Crippen molar-refractivity contribution in [2.24, 2.45) is 0 Å². The number of hydrogen-bond acceptors (Lipinski definition) is 6. The Morgan fingerprint density at radius 3 is 0.938 bits per heavy atom. The summed E-state index contributed by atoms with van der Waals surface area (Å²) in [5.74, 6) is -0.925. The van der Waals surface area contributed by atoms with Crippen LogP contribution < -0.4 is 0 Å². The molecule has 0 saturated carbocycles. The fourth-order valence-electron chi connectivity index (χ4n) is 7.36. The van der Waals surface area contributed by atoms with E-state index < -0.39 is 6.10 Å². The number of ether oxygens (including phenoxy) is 3. The Bertz CT molecular complexity index is 1270. The molecule has 0 aromatic heterocycles. The molecular weight excluding hydrogens is 805 g/mol. The number of carbonyl (C=O) groups excluding carboxylic acids is 3. The van der Waals surface area contributed by atoms with Crippen LogP contribution in [0.25, 0.3) is 0 Å². The molecule has 0 fully saturated rings. The van der Waals surface area contributed by atoms with Gasteiger partial charge in [-0.1, -0.05) is 228 Å². The summed E-state index contributed by atoms with van der Waals surface area (Å²) < 4.78 is 16.8. The highest BCUT2D eigenvalue weighted by molar-refractivity contribution is 5.71. The number of allylic oxidation sites excluding steroid dienone is 14. The van der Waals surface area contributed by atoms with Crippen LogP contribution in [0.15, 0.2) is 85.1 Å². The Morgan fingerprint density at radius 2 is 0.600 bits per heavy atom. The molecule has 65 heavy (non-hydrogen) atoms. The first-order chi connectivity index (χ1) is 32.0. The third-order valence-corrected chi connectivity index (χ3v) is 11.5. The third kappa shape index (κ3) is 51.4. The summed E-state index contributed by atoms with van der Waals surface area (Å²) in [7, 11) is 0. The largest absolute Gasteiger partial charge is 0.462 e. The zero-order valence-electron chi connectivity index (χ0n) is 42.5. The second-order valence-electron chi connectivity index (χ2n) is 17.9. The molecule has 1 atom stereocenters. The van der Waals surface area contributed by atoms with Gasteiger partial charge in [0.15, 0.2) is 6.10 Å². The van der Waals surface area contributed by atoms with Gasteiger partial charge < -0.3 is 14.2 Å². The third-order valence-electron chi connectivity index (χ3n) is 11.5. The molecule has 1 unspecified atom stereocenters. The van der Waals surface area contributed by atoms with Crippen molar-refractivity contribution in [1.29, 1.82) is 0 Å². The number of carbonyl (C=O) groups is 3. The van der Waals surface area contributed by atoms with Gasteiger partial charge in [0.1, 0.15) is 13.2 Å². The predicted molar refractivity (Wildman–Crippen MR) is 279 cm³/mol. The molecule has 0 N–H and O–H groups in total. The van der Waals surface area contributed by atoms with Gasteiger partial charge in [0.05, 0.1) is 0 Å². The lowest BCUT2D eigenvalue weighted by atomic mass is 10.1. The standard InChI is InChI=1S/C59H100O6/c1-4-7-10-13-16-19-22-25-27-28-29-30-32-34-37-40-43-46-49-52-58(61)64-55-56(54-63-57(60)51-48-45-42-39-36-33-24-21-18-15-12-9-6-3)65-59(62)53-50-47-44-41-38-35-31-26-23-20-17-14-11-8-5-2/h9,12,15-26,56H,4-8,10-11,13-14,27-55H2,1-3H3/b12-9-,18-15-,19-16-,20-17-,24-21-,25-22-,26-23-. The van der Waals surface area contributed by atoms with E-state index in [9.17, 15) is 14.4 Å². The lowest BCUT2D eigenvalue weighted by molar-refractivity contribution is -0.167. The maximum atomic E-state index is 12.8. The van der Waals surface area contributed by atoms with Crippen LogP contribution in [0.3, 0.4) is 0 Å². The summed E-state index contributed by atoms with van der Waals surface area (Å²) in [4.78, 5) is 38.1. The molecule has 0 radical (unpaired) electrons. The van der Waals surface area contributed by atoms with Crippen molar-refractivity contribution in [3.05, 3.63) is 85.1 Å². The van der Waals surface area contributed by atoms with Crippen LogP contribution in [0.2, 0.25) is 0 Å². The molecule has 0 amide bonds. The lowest BCUT2D eigenvalue weighted by Gasteiger charge is -2.18.